The summed E-state index contributed by atoms with van der Waals surface area (Å²) in [5.41, 5.74) is 1.26. The van der Waals surface area contributed by atoms with Gasteiger partial charge in [0.15, 0.2) is 0 Å². The van der Waals surface area contributed by atoms with E-state index in [1.165, 1.54) is 16.9 Å². The molecule has 1 saturated carbocycles. The molecule has 1 aromatic rings. The number of amides is 1. The lowest BCUT2D eigenvalue weighted by Gasteiger charge is -2.01. The zero-order chi connectivity index (χ0) is 14.9. The van der Waals surface area contributed by atoms with Crippen molar-refractivity contribution >= 4 is 22.4 Å². The zero-order valence-electron chi connectivity index (χ0n) is 12.6. The van der Waals surface area contributed by atoms with Gasteiger partial charge in [-0.3, -0.25) is 4.79 Å². The molecule has 1 aliphatic carbocycles. The maximum absolute atomic E-state index is 12.3. The number of allylic oxidation sites excluding steroid dienone is 2. The monoisotopic (exact) mass is 295 g/mol. The minimum absolute atomic E-state index is 0.00664. The quantitative estimate of drug-likeness (QED) is 0.848. The van der Waals surface area contributed by atoms with E-state index in [0.29, 0.717) is 17.7 Å². The molecule has 110 valence electrons. The third kappa shape index (κ3) is 3.07. The molecule has 20 heavy (non-hydrogen) atoms. The summed E-state index contributed by atoms with van der Waals surface area (Å²) >= 11 is 1.35. The van der Waals surface area contributed by atoms with Crippen LogP contribution in [0.1, 0.15) is 32.7 Å². The van der Waals surface area contributed by atoms with Crippen molar-refractivity contribution in [1.82, 2.24) is 10.2 Å². The highest BCUT2D eigenvalue weighted by atomic mass is 32.1. The van der Waals surface area contributed by atoms with Gasteiger partial charge in [0.05, 0.1) is 5.92 Å². The number of nitrogens with zero attached hydrogens (tertiary/aromatic N) is 2. The molecule has 0 spiro atoms. The molecule has 2 rings (SSSR count). The third-order valence-electron chi connectivity index (χ3n) is 3.67. The van der Waals surface area contributed by atoms with Crippen LogP contribution in [0.3, 0.4) is 0 Å². The van der Waals surface area contributed by atoms with Crippen LogP contribution in [-0.2, 0) is 16.1 Å². The Morgan fingerprint density at radius 2 is 2.15 bits per heavy atom. The number of anilines is 1. The number of ether oxygens (including phenoxy) is 1. The number of rotatable bonds is 5. The summed E-state index contributed by atoms with van der Waals surface area (Å²) < 4.78 is 4.99. The summed E-state index contributed by atoms with van der Waals surface area (Å²) in [7, 11) is 1.61. The Morgan fingerprint density at radius 1 is 1.45 bits per heavy atom. The second kappa shape index (κ2) is 5.61. The van der Waals surface area contributed by atoms with E-state index < -0.39 is 0 Å². The fourth-order valence-electron chi connectivity index (χ4n) is 2.52. The molecule has 0 radical (unpaired) electrons. The molecule has 0 saturated heterocycles. The van der Waals surface area contributed by atoms with Gasteiger partial charge in [0.2, 0.25) is 11.0 Å². The van der Waals surface area contributed by atoms with Crippen LogP contribution in [0.15, 0.2) is 11.6 Å². The number of carbonyl (C=O) groups is 1. The van der Waals surface area contributed by atoms with Crippen LogP contribution in [0.2, 0.25) is 0 Å². The van der Waals surface area contributed by atoms with Crippen LogP contribution in [0.4, 0.5) is 5.13 Å². The van der Waals surface area contributed by atoms with Gasteiger partial charge in [-0.15, -0.1) is 10.2 Å². The summed E-state index contributed by atoms with van der Waals surface area (Å²) in [6, 6.07) is 0. The van der Waals surface area contributed by atoms with Crippen LogP contribution in [0.25, 0.3) is 0 Å². The van der Waals surface area contributed by atoms with Gasteiger partial charge in [-0.2, -0.15) is 0 Å². The summed E-state index contributed by atoms with van der Waals surface area (Å²) in [6.45, 7) is 8.79. The van der Waals surface area contributed by atoms with E-state index in [0.717, 1.165) is 5.01 Å². The molecule has 0 unspecified atom stereocenters. The Balaban J connectivity index is 2.00. The molecule has 0 aliphatic heterocycles. The van der Waals surface area contributed by atoms with Crippen molar-refractivity contribution in [2.24, 2.45) is 17.3 Å². The molecule has 2 atom stereocenters. The van der Waals surface area contributed by atoms with E-state index in [1.54, 1.807) is 7.11 Å². The molecule has 1 aromatic heterocycles. The van der Waals surface area contributed by atoms with E-state index in [-0.39, 0.29) is 17.2 Å². The first-order chi connectivity index (χ1) is 9.36. The minimum atomic E-state index is 0.00664. The first-order valence-corrected chi connectivity index (χ1v) is 7.45. The average Bonchev–Trinajstić information content (AvgIpc) is 2.70. The first-order valence-electron chi connectivity index (χ1n) is 6.63. The predicted molar refractivity (Wildman–Crippen MR) is 79.4 cm³/mol. The number of hydrogen-bond acceptors (Lipinski definition) is 5. The van der Waals surface area contributed by atoms with Crippen molar-refractivity contribution in [3.8, 4) is 0 Å². The van der Waals surface area contributed by atoms with Gasteiger partial charge in [0.25, 0.3) is 0 Å². The summed E-state index contributed by atoms with van der Waals surface area (Å²) in [5, 5.41) is 12.1. The topological polar surface area (TPSA) is 64.1 Å². The van der Waals surface area contributed by atoms with Crippen LogP contribution in [0, 0.1) is 17.3 Å². The van der Waals surface area contributed by atoms with Gasteiger partial charge < -0.3 is 10.1 Å². The molecule has 0 aromatic carbocycles. The van der Waals surface area contributed by atoms with Crippen molar-refractivity contribution < 1.29 is 9.53 Å². The van der Waals surface area contributed by atoms with Crippen molar-refractivity contribution in [2.45, 2.75) is 34.3 Å². The van der Waals surface area contributed by atoms with Crippen LogP contribution in [0.5, 0.6) is 0 Å². The fraction of sp³-hybridized carbons (Fsp3) is 0.643. The molecular weight excluding hydrogens is 274 g/mol. The van der Waals surface area contributed by atoms with E-state index in [2.05, 4.69) is 49.3 Å². The number of nitrogens with one attached hydrogen (secondary N) is 1. The number of hydrogen-bond donors (Lipinski definition) is 1. The Bertz CT molecular complexity index is 532. The van der Waals surface area contributed by atoms with E-state index >= 15 is 0 Å². The average molecular weight is 295 g/mol. The summed E-state index contributed by atoms with van der Waals surface area (Å²) in [4.78, 5) is 12.3. The van der Waals surface area contributed by atoms with Crippen LogP contribution in [-0.4, -0.2) is 23.2 Å². The van der Waals surface area contributed by atoms with Gasteiger partial charge >= 0.3 is 0 Å². The molecule has 1 N–H and O–H groups in total. The minimum Gasteiger partial charge on any atom is -0.377 e. The maximum atomic E-state index is 12.3. The highest BCUT2D eigenvalue weighted by Crippen LogP contribution is 2.59. The Hall–Kier alpha value is -1.27. The molecule has 6 heteroatoms. The third-order valence-corrected chi connectivity index (χ3v) is 4.48. The second-order valence-corrected chi connectivity index (χ2v) is 7.05. The zero-order valence-corrected chi connectivity index (χ0v) is 13.4. The Morgan fingerprint density at radius 3 is 2.75 bits per heavy atom. The molecule has 5 nitrogen and oxygen atoms in total. The Labute approximate surface area is 123 Å². The van der Waals surface area contributed by atoms with Gasteiger partial charge in [0.1, 0.15) is 11.6 Å². The maximum Gasteiger partial charge on any atom is 0.230 e. The lowest BCUT2D eigenvalue weighted by atomic mass is 10.1. The lowest BCUT2D eigenvalue weighted by molar-refractivity contribution is -0.118. The second-order valence-electron chi connectivity index (χ2n) is 5.99. The molecule has 0 bridgehead atoms. The van der Waals surface area contributed by atoms with Crippen molar-refractivity contribution in [1.29, 1.82) is 0 Å². The first kappa shape index (κ1) is 15.1. The lowest BCUT2D eigenvalue weighted by Crippen LogP contribution is -2.16. The van der Waals surface area contributed by atoms with Crippen LogP contribution >= 0.6 is 11.3 Å². The number of aromatic nitrogens is 2. The van der Waals surface area contributed by atoms with Gasteiger partial charge in [-0.25, -0.2) is 0 Å². The van der Waals surface area contributed by atoms with E-state index in [4.69, 9.17) is 4.74 Å². The van der Waals surface area contributed by atoms with Gasteiger partial charge in [0, 0.05) is 7.11 Å². The van der Waals surface area contributed by atoms with Crippen molar-refractivity contribution in [3.63, 3.8) is 0 Å². The fourth-order valence-corrected chi connectivity index (χ4v) is 3.23. The normalized spacial score (nSPS) is 23.2. The summed E-state index contributed by atoms with van der Waals surface area (Å²) in [6.07, 6.45) is 2.18. The summed E-state index contributed by atoms with van der Waals surface area (Å²) in [5.74, 6) is 0.337. The largest absolute Gasteiger partial charge is 0.377 e. The molecule has 1 amide bonds. The molecule has 1 aliphatic rings. The highest BCUT2D eigenvalue weighted by Gasteiger charge is 2.60. The number of carbonyl (C=O) groups excluding carboxylic acids is 1. The van der Waals surface area contributed by atoms with E-state index in [9.17, 15) is 4.79 Å². The molecular formula is C14H21N3O2S. The predicted octanol–water partition coefficient (Wildman–Crippen LogP) is 2.86. The highest BCUT2D eigenvalue weighted by molar-refractivity contribution is 7.15. The standard InChI is InChI=1S/C14H21N3O2S/c1-8(2)6-9-11(14(9,3)4)12(18)15-13-17-16-10(20-13)7-19-5/h6,9,11H,7H2,1-5H3,(H,15,17,18)/t9-,11+/m0/s1. The van der Waals surface area contributed by atoms with Crippen LogP contribution < -0.4 is 5.32 Å². The van der Waals surface area contributed by atoms with Gasteiger partial charge in [-0.1, -0.05) is 36.8 Å². The number of methoxy groups -OCH3 is 1. The molecule has 1 fully saturated rings. The van der Waals surface area contributed by atoms with Crippen molar-refractivity contribution in [2.75, 3.05) is 12.4 Å². The van der Waals surface area contributed by atoms with Crippen molar-refractivity contribution in [3.05, 3.63) is 16.7 Å². The van der Waals surface area contributed by atoms with E-state index in [1.807, 2.05) is 0 Å². The molecule has 1 heterocycles. The Kier molecular flexibility index (Phi) is 4.25. The SMILES string of the molecule is COCc1nnc(NC(=O)[C@H]2[C@H](C=C(C)C)C2(C)C)s1. The smallest absolute Gasteiger partial charge is 0.230 e. The van der Waals surface area contributed by atoms with Gasteiger partial charge in [-0.05, 0) is 25.2 Å².